The van der Waals surface area contributed by atoms with Crippen molar-refractivity contribution < 1.29 is 4.74 Å². The number of nitrogens with one attached hydrogen (secondary N) is 2. The maximum atomic E-state index is 5.12. The van der Waals surface area contributed by atoms with Crippen LogP contribution in [-0.4, -0.2) is 39.7 Å². The highest BCUT2D eigenvalue weighted by molar-refractivity contribution is 7.22. The van der Waals surface area contributed by atoms with E-state index in [-0.39, 0.29) is 6.04 Å². The molecule has 4 rings (SSSR count). The number of aromatic amines is 1. The number of thiophene rings is 1. The van der Waals surface area contributed by atoms with Crippen molar-refractivity contribution in [1.29, 1.82) is 0 Å². The molecule has 6 nitrogen and oxygen atoms in total. The Kier molecular flexibility index (Phi) is 3.87. The summed E-state index contributed by atoms with van der Waals surface area (Å²) in [7, 11) is 1.68. The molecule has 0 aromatic carbocycles. The fourth-order valence-corrected chi connectivity index (χ4v) is 3.77. The van der Waals surface area contributed by atoms with E-state index in [1.807, 2.05) is 37.8 Å². The number of ether oxygens (including phenoxy) is 1. The van der Waals surface area contributed by atoms with E-state index in [1.165, 1.54) is 9.58 Å². The van der Waals surface area contributed by atoms with Gasteiger partial charge in [-0.15, -0.1) is 11.3 Å². The molecule has 122 valence electrons. The Balaban J connectivity index is 1.70. The molecule has 4 heterocycles. The number of rotatable bonds is 5. The minimum atomic E-state index is 0.150. The van der Waals surface area contributed by atoms with Gasteiger partial charge in [-0.2, -0.15) is 4.98 Å². The molecule has 0 aliphatic heterocycles. The Hall–Kier alpha value is -2.51. The highest BCUT2D eigenvalue weighted by Gasteiger charge is 2.12. The van der Waals surface area contributed by atoms with Gasteiger partial charge in [0.25, 0.3) is 0 Å². The number of hydrogen-bond donors (Lipinski definition) is 2. The quantitative estimate of drug-likeness (QED) is 0.580. The van der Waals surface area contributed by atoms with Gasteiger partial charge in [-0.3, -0.25) is 4.98 Å². The van der Waals surface area contributed by atoms with Crippen LogP contribution in [0.1, 0.15) is 6.92 Å². The lowest BCUT2D eigenvalue weighted by Gasteiger charge is -2.12. The molecule has 0 amide bonds. The number of aromatic nitrogens is 4. The third-order valence-corrected chi connectivity index (χ3v) is 4.96. The normalized spacial score (nSPS) is 12.8. The zero-order valence-electron chi connectivity index (χ0n) is 13.4. The molecular weight excluding hydrogens is 322 g/mol. The summed E-state index contributed by atoms with van der Waals surface area (Å²) in [5, 5.41) is 5.40. The molecule has 1 unspecified atom stereocenters. The van der Waals surface area contributed by atoms with E-state index in [1.54, 1.807) is 18.4 Å². The highest BCUT2D eigenvalue weighted by atomic mass is 32.1. The van der Waals surface area contributed by atoms with Crippen molar-refractivity contribution >= 4 is 38.4 Å². The van der Waals surface area contributed by atoms with Crippen molar-refractivity contribution in [1.82, 2.24) is 19.9 Å². The molecule has 2 N–H and O–H groups in total. The summed E-state index contributed by atoms with van der Waals surface area (Å²) in [6.07, 6.45) is 7.55. The number of H-pyrrole nitrogens is 1. The smallest absolute Gasteiger partial charge is 0.224 e. The highest BCUT2D eigenvalue weighted by Crippen LogP contribution is 2.36. The van der Waals surface area contributed by atoms with Gasteiger partial charge in [0, 0.05) is 63.9 Å². The van der Waals surface area contributed by atoms with Gasteiger partial charge in [0.15, 0.2) is 0 Å². The van der Waals surface area contributed by atoms with E-state index in [2.05, 4.69) is 31.3 Å². The van der Waals surface area contributed by atoms with Crippen molar-refractivity contribution in [2.24, 2.45) is 0 Å². The number of fused-ring (bicyclic) bond motifs is 2. The molecule has 1 atom stereocenters. The second-order valence-corrected chi connectivity index (χ2v) is 6.77. The number of methoxy groups -OCH3 is 1. The molecule has 0 aliphatic carbocycles. The van der Waals surface area contributed by atoms with Crippen molar-refractivity contribution in [3.8, 4) is 10.4 Å². The first-order chi connectivity index (χ1) is 11.7. The van der Waals surface area contributed by atoms with Crippen molar-refractivity contribution in [2.75, 3.05) is 19.0 Å². The van der Waals surface area contributed by atoms with E-state index in [4.69, 9.17) is 4.74 Å². The minimum absolute atomic E-state index is 0.150. The van der Waals surface area contributed by atoms with Crippen LogP contribution in [-0.2, 0) is 4.74 Å². The molecule has 0 spiro atoms. The Morgan fingerprint density at radius 1 is 1.38 bits per heavy atom. The zero-order chi connectivity index (χ0) is 16.5. The summed E-state index contributed by atoms with van der Waals surface area (Å²) in [6, 6.07) is 4.34. The summed E-state index contributed by atoms with van der Waals surface area (Å²) in [4.78, 5) is 17.6. The summed E-state index contributed by atoms with van der Waals surface area (Å²) in [5.74, 6) is 0.598. The number of pyridine rings is 1. The van der Waals surface area contributed by atoms with E-state index in [9.17, 15) is 0 Å². The maximum Gasteiger partial charge on any atom is 0.224 e. The lowest BCUT2D eigenvalue weighted by atomic mass is 10.2. The average molecular weight is 339 g/mol. The monoisotopic (exact) mass is 339 g/mol. The van der Waals surface area contributed by atoms with Crippen LogP contribution in [0.3, 0.4) is 0 Å². The van der Waals surface area contributed by atoms with Gasteiger partial charge in [-0.25, -0.2) is 4.98 Å². The van der Waals surface area contributed by atoms with Crippen LogP contribution in [0.5, 0.6) is 0 Å². The van der Waals surface area contributed by atoms with Gasteiger partial charge >= 0.3 is 0 Å². The molecule has 0 saturated heterocycles. The van der Waals surface area contributed by atoms with Gasteiger partial charge in [0.2, 0.25) is 5.95 Å². The standard InChI is InChI=1S/C17H17N5OS/c1-10(9-23-2)21-17-20-8-13-12(7-19-16(13)22-17)15-5-11-6-18-4-3-14(11)24-15/h3-8,10H,9H2,1-2H3,(H2,19,20,21,22). The van der Waals surface area contributed by atoms with Crippen molar-refractivity contribution in [2.45, 2.75) is 13.0 Å². The Bertz CT molecular complexity index is 960. The first-order valence-corrected chi connectivity index (χ1v) is 8.50. The van der Waals surface area contributed by atoms with Crippen LogP contribution >= 0.6 is 11.3 Å². The van der Waals surface area contributed by atoms with Gasteiger partial charge in [-0.1, -0.05) is 0 Å². The summed E-state index contributed by atoms with van der Waals surface area (Å²) in [5.41, 5.74) is 1.94. The maximum absolute atomic E-state index is 5.12. The molecule has 0 aliphatic rings. The van der Waals surface area contributed by atoms with Crippen LogP contribution in [0.15, 0.2) is 36.9 Å². The predicted molar refractivity (Wildman–Crippen MR) is 97.5 cm³/mol. The Morgan fingerprint density at radius 3 is 3.12 bits per heavy atom. The van der Waals surface area contributed by atoms with Gasteiger partial charge in [0.05, 0.1) is 6.61 Å². The SMILES string of the molecule is COCC(C)Nc1ncc2c(-c3cc4cnccc4s3)c[nH]c2n1. The van der Waals surface area contributed by atoms with Crippen LogP contribution in [0.25, 0.3) is 31.6 Å². The Morgan fingerprint density at radius 2 is 2.29 bits per heavy atom. The first-order valence-electron chi connectivity index (χ1n) is 7.68. The topological polar surface area (TPSA) is 75.7 Å². The lowest BCUT2D eigenvalue weighted by molar-refractivity contribution is 0.190. The zero-order valence-corrected chi connectivity index (χ0v) is 14.2. The average Bonchev–Trinajstić information content (AvgIpc) is 3.17. The van der Waals surface area contributed by atoms with Gasteiger partial charge in [0.1, 0.15) is 5.65 Å². The fraction of sp³-hybridized carbons (Fsp3) is 0.235. The second-order valence-electron chi connectivity index (χ2n) is 5.68. The van der Waals surface area contributed by atoms with Gasteiger partial charge < -0.3 is 15.0 Å². The van der Waals surface area contributed by atoms with Crippen LogP contribution in [0.2, 0.25) is 0 Å². The van der Waals surface area contributed by atoms with Crippen molar-refractivity contribution in [3.63, 3.8) is 0 Å². The molecular formula is C17H17N5OS. The van der Waals surface area contributed by atoms with E-state index >= 15 is 0 Å². The molecule has 0 bridgehead atoms. The molecule has 0 radical (unpaired) electrons. The second kappa shape index (κ2) is 6.18. The Labute approximate surface area is 142 Å². The summed E-state index contributed by atoms with van der Waals surface area (Å²) >= 11 is 1.74. The largest absolute Gasteiger partial charge is 0.383 e. The van der Waals surface area contributed by atoms with Crippen LogP contribution in [0, 0.1) is 0 Å². The molecule has 4 aromatic rings. The molecule has 0 fully saturated rings. The van der Waals surface area contributed by atoms with E-state index < -0.39 is 0 Å². The number of nitrogens with zero attached hydrogens (tertiary/aromatic N) is 3. The number of hydrogen-bond acceptors (Lipinski definition) is 6. The molecule has 0 saturated carbocycles. The summed E-state index contributed by atoms with van der Waals surface area (Å²) in [6.45, 7) is 2.63. The van der Waals surface area contributed by atoms with Gasteiger partial charge in [-0.05, 0) is 19.1 Å². The third kappa shape index (κ3) is 2.72. The summed E-state index contributed by atoms with van der Waals surface area (Å²) < 4.78 is 6.35. The lowest BCUT2D eigenvalue weighted by Crippen LogP contribution is -2.22. The van der Waals surface area contributed by atoms with E-state index in [0.29, 0.717) is 12.6 Å². The molecule has 24 heavy (non-hydrogen) atoms. The van der Waals surface area contributed by atoms with Crippen molar-refractivity contribution in [3.05, 3.63) is 36.9 Å². The molecule has 4 aromatic heterocycles. The minimum Gasteiger partial charge on any atom is -0.383 e. The third-order valence-electron chi connectivity index (χ3n) is 3.81. The van der Waals surface area contributed by atoms with Crippen LogP contribution in [0.4, 0.5) is 5.95 Å². The predicted octanol–water partition coefficient (Wildman–Crippen LogP) is 3.68. The molecule has 7 heteroatoms. The van der Waals surface area contributed by atoms with E-state index in [0.717, 1.165) is 22.0 Å². The first kappa shape index (κ1) is 15.0. The fourth-order valence-electron chi connectivity index (χ4n) is 2.71. The van der Waals surface area contributed by atoms with Crippen LogP contribution < -0.4 is 5.32 Å². The number of anilines is 1.